The van der Waals surface area contributed by atoms with Crippen molar-refractivity contribution in [1.29, 1.82) is 0 Å². The van der Waals surface area contributed by atoms with Crippen molar-refractivity contribution in [1.82, 2.24) is 0 Å². The third kappa shape index (κ3) is 2.90. The van der Waals surface area contributed by atoms with E-state index in [-0.39, 0.29) is 25.7 Å². The smallest absolute Gasteiger partial charge is 0.338 e. The van der Waals surface area contributed by atoms with Gasteiger partial charge in [-0.25, -0.2) is 4.79 Å². The summed E-state index contributed by atoms with van der Waals surface area (Å²) in [6, 6.07) is 13.2. The monoisotopic (exact) mass is 450 g/mol. The van der Waals surface area contributed by atoms with Crippen LogP contribution in [0.1, 0.15) is 37.4 Å². The van der Waals surface area contributed by atoms with Crippen LogP contribution in [0.3, 0.4) is 0 Å². The Balaban J connectivity index is 1.86. The molecule has 0 atom stereocenters. The minimum absolute atomic E-state index is 0.157. The van der Waals surface area contributed by atoms with Crippen molar-refractivity contribution in [3.05, 3.63) is 90.4 Å². The number of carboxylic acids is 1. The van der Waals surface area contributed by atoms with Crippen LogP contribution in [-0.4, -0.2) is 16.9 Å². The summed E-state index contributed by atoms with van der Waals surface area (Å²) < 4.78 is 0. The van der Waals surface area contributed by atoms with E-state index in [1.165, 1.54) is 5.56 Å². The summed E-state index contributed by atoms with van der Waals surface area (Å²) >= 11 is 24.3. The van der Waals surface area contributed by atoms with E-state index in [2.05, 4.69) is 0 Å². The highest BCUT2D eigenvalue weighted by Crippen LogP contribution is 2.43. The zero-order chi connectivity index (χ0) is 20.2. The van der Waals surface area contributed by atoms with Gasteiger partial charge in [-0.1, -0.05) is 82.8 Å². The SMILES string of the molecule is O=C(O)c1c(Cl)c(Cl)c(Cl)c(Cl)c1C(=O)c1ccc2c(c1)Cc1ccccc1-2. The Morgan fingerprint density at radius 1 is 0.750 bits per heavy atom. The highest BCUT2D eigenvalue weighted by Gasteiger charge is 2.30. The van der Waals surface area contributed by atoms with Crippen molar-refractivity contribution in [3.63, 3.8) is 0 Å². The summed E-state index contributed by atoms with van der Waals surface area (Å²) in [5.74, 6) is -2.00. The molecule has 4 rings (SSSR count). The zero-order valence-electron chi connectivity index (χ0n) is 14.0. The first-order valence-electron chi connectivity index (χ1n) is 8.16. The first kappa shape index (κ1) is 19.3. The lowest BCUT2D eigenvalue weighted by molar-refractivity contribution is 0.0693. The molecule has 0 spiro atoms. The number of fused-ring (bicyclic) bond motifs is 3. The molecule has 0 unspecified atom stereocenters. The number of hydrogen-bond donors (Lipinski definition) is 1. The summed E-state index contributed by atoms with van der Waals surface area (Å²) in [6.07, 6.45) is 0.689. The fraction of sp³-hybridized carbons (Fsp3) is 0.0476. The molecule has 140 valence electrons. The van der Waals surface area contributed by atoms with Crippen LogP contribution < -0.4 is 0 Å². The first-order valence-corrected chi connectivity index (χ1v) is 9.67. The van der Waals surface area contributed by atoms with E-state index in [4.69, 9.17) is 46.4 Å². The van der Waals surface area contributed by atoms with E-state index in [0.29, 0.717) is 12.0 Å². The van der Waals surface area contributed by atoms with E-state index in [9.17, 15) is 14.7 Å². The van der Waals surface area contributed by atoms with Crippen LogP contribution in [0.15, 0.2) is 42.5 Å². The zero-order valence-corrected chi connectivity index (χ0v) is 17.0. The maximum absolute atomic E-state index is 13.2. The highest BCUT2D eigenvalue weighted by atomic mass is 35.5. The molecular formula is C21H10Cl4O3. The van der Waals surface area contributed by atoms with E-state index < -0.39 is 17.3 Å². The number of hydrogen-bond acceptors (Lipinski definition) is 2. The van der Waals surface area contributed by atoms with Crippen LogP contribution in [0.4, 0.5) is 0 Å². The number of benzene rings is 3. The molecule has 0 radical (unpaired) electrons. The average molecular weight is 452 g/mol. The Bertz CT molecular complexity index is 1180. The molecule has 1 aliphatic carbocycles. The Morgan fingerprint density at radius 3 is 2.04 bits per heavy atom. The second-order valence-electron chi connectivity index (χ2n) is 6.35. The van der Waals surface area contributed by atoms with E-state index in [1.54, 1.807) is 12.1 Å². The van der Waals surface area contributed by atoms with Crippen LogP contribution in [0.2, 0.25) is 20.1 Å². The van der Waals surface area contributed by atoms with E-state index in [1.807, 2.05) is 30.3 Å². The summed E-state index contributed by atoms with van der Waals surface area (Å²) in [7, 11) is 0. The second-order valence-corrected chi connectivity index (χ2v) is 7.86. The number of aromatic carboxylic acids is 1. The number of halogens is 4. The molecule has 0 fully saturated rings. The minimum Gasteiger partial charge on any atom is -0.478 e. The predicted molar refractivity (Wildman–Crippen MR) is 112 cm³/mol. The minimum atomic E-state index is -1.41. The van der Waals surface area contributed by atoms with Gasteiger partial charge in [0.15, 0.2) is 5.78 Å². The van der Waals surface area contributed by atoms with Gasteiger partial charge >= 0.3 is 5.97 Å². The largest absolute Gasteiger partial charge is 0.478 e. The molecule has 3 aromatic rings. The molecule has 0 saturated heterocycles. The van der Waals surface area contributed by atoms with E-state index >= 15 is 0 Å². The van der Waals surface area contributed by atoms with Gasteiger partial charge in [-0.15, -0.1) is 0 Å². The highest BCUT2D eigenvalue weighted by molar-refractivity contribution is 6.54. The molecule has 1 N–H and O–H groups in total. The van der Waals surface area contributed by atoms with Gasteiger partial charge in [0, 0.05) is 5.56 Å². The first-order chi connectivity index (χ1) is 13.3. The van der Waals surface area contributed by atoms with Crippen molar-refractivity contribution >= 4 is 58.2 Å². The number of carbonyl (C=O) groups is 2. The van der Waals surface area contributed by atoms with Crippen LogP contribution in [0, 0.1) is 0 Å². The number of ketones is 1. The third-order valence-electron chi connectivity index (χ3n) is 4.76. The summed E-state index contributed by atoms with van der Waals surface area (Å²) in [6.45, 7) is 0. The quantitative estimate of drug-likeness (QED) is 0.211. The normalized spacial score (nSPS) is 11.9. The third-order valence-corrected chi connectivity index (χ3v) is 6.57. The molecule has 0 bridgehead atoms. The van der Waals surface area contributed by atoms with Crippen molar-refractivity contribution in [2.24, 2.45) is 0 Å². The molecule has 3 aromatic carbocycles. The Kier molecular flexibility index (Phi) is 4.88. The predicted octanol–water partition coefficient (Wildman–Crippen LogP) is 6.80. The molecule has 0 saturated carbocycles. The molecule has 0 aliphatic heterocycles. The average Bonchev–Trinajstić information content (AvgIpc) is 3.05. The fourth-order valence-electron chi connectivity index (χ4n) is 3.48. The van der Waals surface area contributed by atoms with Gasteiger partial charge in [-0.3, -0.25) is 4.79 Å². The lowest BCUT2D eigenvalue weighted by Crippen LogP contribution is -2.12. The van der Waals surface area contributed by atoms with Gasteiger partial charge in [0.1, 0.15) is 0 Å². The second kappa shape index (κ2) is 7.09. The molecule has 1 aliphatic rings. The van der Waals surface area contributed by atoms with Crippen LogP contribution in [0.5, 0.6) is 0 Å². The van der Waals surface area contributed by atoms with Crippen LogP contribution >= 0.6 is 46.4 Å². The molecule has 0 aromatic heterocycles. The van der Waals surface area contributed by atoms with Gasteiger partial charge in [-0.05, 0) is 34.7 Å². The Morgan fingerprint density at radius 2 is 1.36 bits per heavy atom. The van der Waals surface area contributed by atoms with Crippen molar-refractivity contribution < 1.29 is 14.7 Å². The standard InChI is InChI=1S/C21H10Cl4O3/c22-16-14(15(21(27)28)17(23)19(25)18(16)24)20(26)10-5-6-13-11(8-10)7-9-3-1-2-4-12(9)13/h1-6,8H,7H2,(H,27,28). The number of carboxylic acid groups (broad SMARTS) is 1. The fourth-order valence-corrected chi connectivity index (χ4v) is 4.50. The van der Waals surface area contributed by atoms with Gasteiger partial charge in [0.2, 0.25) is 0 Å². The lowest BCUT2D eigenvalue weighted by Gasteiger charge is -2.13. The maximum atomic E-state index is 13.2. The van der Waals surface area contributed by atoms with Gasteiger partial charge in [0.05, 0.1) is 31.2 Å². The summed E-state index contributed by atoms with van der Waals surface area (Å²) in [5, 5.41) is 8.65. The van der Waals surface area contributed by atoms with Crippen molar-refractivity contribution in [3.8, 4) is 11.1 Å². The molecule has 7 heteroatoms. The molecular weight excluding hydrogens is 442 g/mol. The van der Waals surface area contributed by atoms with E-state index in [0.717, 1.165) is 16.7 Å². The molecule has 0 heterocycles. The maximum Gasteiger partial charge on any atom is 0.338 e. The van der Waals surface area contributed by atoms with Crippen LogP contribution in [-0.2, 0) is 6.42 Å². The molecule has 0 amide bonds. The van der Waals surface area contributed by atoms with Gasteiger partial charge in [-0.2, -0.15) is 0 Å². The van der Waals surface area contributed by atoms with Crippen molar-refractivity contribution in [2.75, 3.05) is 0 Å². The van der Waals surface area contributed by atoms with Gasteiger partial charge in [0.25, 0.3) is 0 Å². The number of carbonyl (C=O) groups excluding carboxylic acids is 1. The summed E-state index contributed by atoms with van der Waals surface area (Å²) in [4.78, 5) is 24.9. The number of rotatable bonds is 3. The Labute approximate surface area is 180 Å². The Hall–Kier alpha value is -2.04. The van der Waals surface area contributed by atoms with Crippen LogP contribution in [0.25, 0.3) is 11.1 Å². The lowest BCUT2D eigenvalue weighted by atomic mass is 9.95. The molecule has 3 nitrogen and oxygen atoms in total. The summed E-state index contributed by atoms with van der Waals surface area (Å²) in [5.41, 5.74) is 3.88. The van der Waals surface area contributed by atoms with Crippen molar-refractivity contribution in [2.45, 2.75) is 6.42 Å². The molecule has 28 heavy (non-hydrogen) atoms. The van der Waals surface area contributed by atoms with Gasteiger partial charge < -0.3 is 5.11 Å². The topological polar surface area (TPSA) is 54.4 Å².